The van der Waals surface area contributed by atoms with Crippen molar-refractivity contribution in [1.82, 2.24) is 14.3 Å². The van der Waals surface area contributed by atoms with E-state index >= 15 is 0 Å². The van der Waals surface area contributed by atoms with Crippen LogP contribution in [0, 0.1) is 5.82 Å². The van der Waals surface area contributed by atoms with Crippen molar-refractivity contribution >= 4 is 16.3 Å². The van der Waals surface area contributed by atoms with Gasteiger partial charge in [0.25, 0.3) is 5.56 Å². The lowest BCUT2D eigenvalue weighted by Crippen LogP contribution is -2.25. The lowest BCUT2D eigenvalue weighted by atomic mass is 10.0. The zero-order chi connectivity index (χ0) is 15.8. The molecule has 0 N–H and O–H groups in total. The zero-order valence-corrected chi connectivity index (χ0v) is 13.3. The minimum absolute atomic E-state index is 0.0382. The van der Waals surface area contributed by atoms with Crippen LogP contribution >= 0.6 is 11.3 Å². The first-order valence-electron chi connectivity index (χ1n) is 7.66. The average Bonchev–Trinajstić information content (AvgIpc) is 3.17. The molecule has 2 aromatic heterocycles. The number of likely N-dealkylation sites (tertiary alicyclic amines) is 1. The number of halogens is 1. The molecule has 0 aliphatic carbocycles. The van der Waals surface area contributed by atoms with E-state index in [4.69, 9.17) is 0 Å². The second-order valence-electron chi connectivity index (χ2n) is 5.82. The second kappa shape index (κ2) is 5.86. The number of benzene rings is 1. The van der Waals surface area contributed by atoms with Gasteiger partial charge in [-0.05, 0) is 37.1 Å². The fourth-order valence-electron chi connectivity index (χ4n) is 3.25. The van der Waals surface area contributed by atoms with Gasteiger partial charge in [-0.25, -0.2) is 9.37 Å². The summed E-state index contributed by atoms with van der Waals surface area (Å²) in [5, 5.41) is 1.87. The second-order valence-corrected chi connectivity index (χ2v) is 6.69. The first kappa shape index (κ1) is 14.5. The molecule has 118 valence electrons. The van der Waals surface area contributed by atoms with Gasteiger partial charge >= 0.3 is 0 Å². The number of hydrogen-bond acceptors (Lipinski definition) is 4. The maximum Gasteiger partial charge on any atom is 0.258 e. The van der Waals surface area contributed by atoms with E-state index in [9.17, 15) is 9.18 Å². The van der Waals surface area contributed by atoms with Gasteiger partial charge in [-0.15, -0.1) is 11.3 Å². The van der Waals surface area contributed by atoms with Gasteiger partial charge in [0.2, 0.25) is 0 Å². The predicted octanol–water partition coefficient (Wildman–Crippen LogP) is 3.23. The molecule has 4 nitrogen and oxygen atoms in total. The van der Waals surface area contributed by atoms with Crippen molar-refractivity contribution in [2.24, 2.45) is 0 Å². The van der Waals surface area contributed by atoms with Gasteiger partial charge in [-0.2, -0.15) is 0 Å². The van der Waals surface area contributed by atoms with Crippen LogP contribution < -0.4 is 5.56 Å². The van der Waals surface area contributed by atoms with Crippen LogP contribution in [0.2, 0.25) is 0 Å². The minimum atomic E-state index is -0.212. The predicted molar refractivity (Wildman–Crippen MR) is 88.1 cm³/mol. The molecular formula is C17H16FN3OS. The topological polar surface area (TPSA) is 37.6 Å². The quantitative estimate of drug-likeness (QED) is 0.740. The molecule has 1 unspecified atom stereocenters. The maximum atomic E-state index is 13.1. The molecule has 0 bridgehead atoms. The third kappa shape index (κ3) is 2.80. The monoisotopic (exact) mass is 329 g/mol. The summed E-state index contributed by atoms with van der Waals surface area (Å²) in [6, 6.07) is 8.59. The van der Waals surface area contributed by atoms with Crippen LogP contribution in [0.3, 0.4) is 0 Å². The highest BCUT2D eigenvalue weighted by Gasteiger charge is 2.26. The van der Waals surface area contributed by atoms with Crippen LogP contribution in [-0.2, 0) is 6.54 Å². The molecule has 0 saturated carbocycles. The minimum Gasteiger partial charge on any atom is -0.291 e. The Hall–Kier alpha value is -2.05. The molecule has 0 spiro atoms. The molecule has 6 heteroatoms. The van der Waals surface area contributed by atoms with Crippen molar-refractivity contribution in [1.29, 1.82) is 0 Å². The molecule has 4 rings (SSSR count). The molecule has 1 fully saturated rings. The summed E-state index contributed by atoms with van der Waals surface area (Å²) in [7, 11) is 0. The summed E-state index contributed by atoms with van der Waals surface area (Å²) < 4.78 is 14.7. The van der Waals surface area contributed by atoms with E-state index in [0.29, 0.717) is 6.54 Å². The number of nitrogens with zero attached hydrogens (tertiary/aromatic N) is 3. The molecule has 1 aliphatic heterocycles. The molecule has 3 heterocycles. The SMILES string of the molecule is O=c1cc(CN2CCCC2c2ccc(F)cc2)nc2sccn12. The van der Waals surface area contributed by atoms with Gasteiger partial charge in [0.15, 0.2) is 4.96 Å². The van der Waals surface area contributed by atoms with E-state index in [0.717, 1.165) is 35.6 Å². The Bertz CT molecular complexity index is 887. The van der Waals surface area contributed by atoms with Crippen LogP contribution in [0.25, 0.3) is 4.96 Å². The molecule has 1 aliphatic rings. The van der Waals surface area contributed by atoms with E-state index < -0.39 is 0 Å². The van der Waals surface area contributed by atoms with Crippen LogP contribution in [0.4, 0.5) is 4.39 Å². The van der Waals surface area contributed by atoms with E-state index in [2.05, 4.69) is 9.88 Å². The Morgan fingerprint density at radius 2 is 2.13 bits per heavy atom. The summed E-state index contributed by atoms with van der Waals surface area (Å²) >= 11 is 1.46. The number of hydrogen-bond donors (Lipinski definition) is 0. The molecule has 1 atom stereocenters. The van der Waals surface area contributed by atoms with Crippen molar-refractivity contribution in [3.05, 3.63) is 69.3 Å². The molecule has 3 aromatic rings. The van der Waals surface area contributed by atoms with Crippen LogP contribution in [0.15, 0.2) is 46.7 Å². The zero-order valence-electron chi connectivity index (χ0n) is 12.5. The van der Waals surface area contributed by atoms with Gasteiger partial charge in [0, 0.05) is 30.2 Å². The molecule has 1 aromatic carbocycles. The standard InChI is InChI=1S/C17H16FN3OS/c18-13-5-3-12(4-6-13)15-2-1-7-20(15)11-14-10-16(22)21-8-9-23-17(21)19-14/h3-6,8-10,15H,1-2,7,11H2. The van der Waals surface area contributed by atoms with Gasteiger partial charge in [-0.1, -0.05) is 12.1 Å². The lowest BCUT2D eigenvalue weighted by molar-refractivity contribution is 0.245. The van der Waals surface area contributed by atoms with E-state index in [1.165, 1.54) is 23.5 Å². The Labute approximate surface area is 136 Å². The fraction of sp³-hybridized carbons (Fsp3) is 0.294. The maximum absolute atomic E-state index is 13.1. The molecular weight excluding hydrogens is 313 g/mol. The summed E-state index contributed by atoms with van der Waals surface area (Å²) in [5.41, 5.74) is 1.88. The first-order chi connectivity index (χ1) is 11.2. The normalized spacial score (nSPS) is 18.7. The van der Waals surface area contributed by atoms with Gasteiger partial charge in [0.05, 0.1) is 5.69 Å². The largest absolute Gasteiger partial charge is 0.291 e. The van der Waals surface area contributed by atoms with Gasteiger partial charge in [0.1, 0.15) is 5.82 Å². The highest BCUT2D eigenvalue weighted by molar-refractivity contribution is 7.15. The van der Waals surface area contributed by atoms with Crippen molar-refractivity contribution in [2.75, 3.05) is 6.54 Å². The molecule has 0 radical (unpaired) electrons. The van der Waals surface area contributed by atoms with Crippen molar-refractivity contribution in [3.8, 4) is 0 Å². The third-order valence-corrected chi connectivity index (χ3v) is 5.10. The average molecular weight is 329 g/mol. The Morgan fingerprint density at radius 1 is 1.30 bits per heavy atom. The van der Waals surface area contributed by atoms with E-state index in [-0.39, 0.29) is 17.4 Å². The third-order valence-electron chi connectivity index (χ3n) is 4.34. The highest BCUT2D eigenvalue weighted by Crippen LogP contribution is 2.32. The highest BCUT2D eigenvalue weighted by atomic mass is 32.1. The van der Waals surface area contributed by atoms with Crippen molar-refractivity contribution < 1.29 is 4.39 Å². The summed E-state index contributed by atoms with van der Waals surface area (Å²) in [6.07, 6.45) is 3.89. The van der Waals surface area contributed by atoms with Crippen molar-refractivity contribution in [3.63, 3.8) is 0 Å². The van der Waals surface area contributed by atoms with Gasteiger partial charge < -0.3 is 0 Å². The van der Waals surface area contributed by atoms with E-state index in [1.807, 2.05) is 17.5 Å². The summed E-state index contributed by atoms with van der Waals surface area (Å²) in [6.45, 7) is 1.61. The summed E-state index contributed by atoms with van der Waals surface area (Å²) in [4.78, 5) is 19.7. The fourth-order valence-corrected chi connectivity index (χ4v) is 3.99. The smallest absolute Gasteiger partial charge is 0.258 e. The van der Waals surface area contributed by atoms with Crippen molar-refractivity contribution in [2.45, 2.75) is 25.4 Å². The van der Waals surface area contributed by atoms with Crippen LogP contribution in [-0.4, -0.2) is 20.8 Å². The lowest BCUT2D eigenvalue weighted by Gasteiger charge is -2.24. The number of fused-ring (bicyclic) bond motifs is 1. The molecule has 23 heavy (non-hydrogen) atoms. The Kier molecular flexibility index (Phi) is 3.71. The number of aromatic nitrogens is 2. The van der Waals surface area contributed by atoms with Crippen LogP contribution in [0.5, 0.6) is 0 Å². The van der Waals surface area contributed by atoms with Gasteiger partial charge in [-0.3, -0.25) is 14.1 Å². The first-order valence-corrected chi connectivity index (χ1v) is 8.54. The number of thiazole rings is 1. The molecule has 1 saturated heterocycles. The number of rotatable bonds is 3. The Morgan fingerprint density at radius 3 is 2.96 bits per heavy atom. The summed E-state index contributed by atoms with van der Waals surface area (Å²) in [5.74, 6) is -0.212. The van der Waals surface area contributed by atoms with Crippen LogP contribution in [0.1, 0.15) is 30.1 Å². The molecule has 0 amide bonds. The van der Waals surface area contributed by atoms with E-state index in [1.54, 1.807) is 16.7 Å². The Balaban J connectivity index is 1.61.